The number of hydrogen-bond acceptors (Lipinski definition) is 6. The summed E-state index contributed by atoms with van der Waals surface area (Å²) in [6.45, 7) is 5.01. The van der Waals surface area contributed by atoms with Gasteiger partial charge in [-0.3, -0.25) is 4.79 Å². The fourth-order valence-corrected chi connectivity index (χ4v) is 4.50. The number of esters is 1. The molecule has 37 heavy (non-hydrogen) atoms. The number of rotatable bonds is 18. The number of amides is 1. The number of nitrogens with one attached hydrogen (secondary N) is 1. The number of ether oxygens (including phenoxy) is 4. The number of hydrogen-bond donors (Lipinski definition) is 1. The first-order valence-electron chi connectivity index (χ1n) is 13.6. The molecule has 0 radical (unpaired) electrons. The number of fused-ring (bicyclic) bond motifs is 3. The Morgan fingerprint density at radius 2 is 1.35 bits per heavy atom. The van der Waals surface area contributed by atoms with Crippen LogP contribution in [0.1, 0.15) is 68.9 Å². The molecule has 3 rings (SSSR count). The number of alkyl carbamates (subject to hydrolysis) is 1. The number of carbonyl (C=O) groups excluding carboxylic acids is 2. The van der Waals surface area contributed by atoms with E-state index in [9.17, 15) is 9.59 Å². The van der Waals surface area contributed by atoms with Gasteiger partial charge in [-0.1, -0.05) is 81.1 Å². The Balaban J connectivity index is 1.15. The molecule has 0 saturated carbocycles. The lowest BCUT2D eigenvalue weighted by atomic mass is 9.98. The molecule has 1 amide bonds. The fourth-order valence-electron chi connectivity index (χ4n) is 4.50. The molecule has 0 heterocycles. The van der Waals surface area contributed by atoms with Gasteiger partial charge in [0.1, 0.15) is 13.2 Å². The first kappa shape index (κ1) is 28.7. The molecule has 0 saturated heterocycles. The molecule has 7 nitrogen and oxygen atoms in total. The first-order valence-corrected chi connectivity index (χ1v) is 13.6. The van der Waals surface area contributed by atoms with Crippen LogP contribution in [0, 0.1) is 0 Å². The zero-order valence-electron chi connectivity index (χ0n) is 22.0. The molecular formula is C30H41NO6. The Hall–Kier alpha value is -2.90. The van der Waals surface area contributed by atoms with Crippen molar-refractivity contribution >= 4 is 12.1 Å². The lowest BCUT2D eigenvalue weighted by Crippen LogP contribution is -2.27. The third kappa shape index (κ3) is 9.82. The van der Waals surface area contributed by atoms with Crippen molar-refractivity contribution in [1.82, 2.24) is 5.32 Å². The maximum Gasteiger partial charge on any atom is 0.407 e. The molecule has 1 aliphatic rings. The van der Waals surface area contributed by atoms with Crippen molar-refractivity contribution in [3.05, 3.63) is 59.7 Å². The topological polar surface area (TPSA) is 83.1 Å². The predicted molar refractivity (Wildman–Crippen MR) is 144 cm³/mol. The van der Waals surface area contributed by atoms with Crippen molar-refractivity contribution in [2.24, 2.45) is 0 Å². The van der Waals surface area contributed by atoms with E-state index in [2.05, 4.69) is 36.5 Å². The molecule has 2 aromatic carbocycles. The third-order valence-electron chi connectivity index (χ3n) is 6.43. The van der Waals surface area contributed by atoms with E-state index in [1.807, 2.05) is 24.3 Å². The Bertz CT molecular complexity index is 917. The molecule has 0 atom stereocenters. The van der Waals surface area contributed by atoms with Crippen LogP contribution in [0.2, 0.25) is 0 Å². The van der Waals surface area contributed by atoms with Gasteiger partial charge in [-0.25, -0.2) is 4.79 Å². The van der Waals surface area contributed by atoms with Gasteiger partial charge in [0.05, 0.1) is 19.8 Å². The van der Waals surface area contributed by atoms with Crippen LogP contribution in [-0.2, 0) is 23.7 Å². The Kier molecular flexibility index (Phi) is 13.0. The van der Waals surface area contributed by atoms with E-state index < -0.39 is 6.09 Å². The smallest absolute Gasteiger partial charge is 0.407 e. The molecule has 1 aliphatic carbocycles. The van der Waals surface area contributed by atoms with Crippen molar-refractivity contribution < 1.29 is 28.5 Å². The molecule has 0 spiro atoms. The Morgan fingerprint density at radius 3 is 2.05 bits per heavy atom. The molecule has 7 heteroatoms. The summed E-state index contributed by atoms with van der Waals surface area (Å²) in [7, 11) is 0. The second-order valence-electron chi connectivity index (χ2n) is 9.22. The summed E-state index contributed by atoms with van der Waals surface area (Å²) >= 11 is 0. The van der Waals surface area contributed by atoms with Crippen molar-refractivity contribution in [3.63, 3.8) is 0 Å². The zero-order valence-corrected chi connectivity index (χ0v) is 22.0. The van der Waals surface area contributed by atoms with Gasteiger partial charge in [0.25, 0.3) is 0 Å². The number of benzene rings is 2. The molecule has 0 bridgehead atoms. The minimum absolute atomic E-state index is 0.0561. The maximum atomic E-state index is 12.2. The lowest BCUT2D eigenvalue weighted by Gasteiger charge is -2.14. The average molecular weight is 512 g/mol. The van der Waals surface area contributed by atoms with Gasteiger partial charge < -0.3 is 24.3 Å². The minimum Gasteiger partial charge on any atom is -0.463 e. The van der Waals surface area contributed by atoms with E-state index in [0.717, 1.165) is 12.8 Å². The number of unbranched alkanes of at least 4 members (excludes halogenated alkanes) is 4. The summed E-state index contributed by atoms with van der Waals surface area (Å²) in [5, 5.41) is 2.79. The maximum absolute atomic E-state index is 12.2. The zero-order chi connectivity index (χ0) is 26.1. The predicted octanol–water partition coefficient (Wildman–Crippen LogP) is 5.85. The molecule has 202 valence electrons. The van der Waals surface area contributed by atoms with Crippen LogP contribution in [0.25, 0.3) is 11.1 Å². The number of carbonyl (C=O) groups is 2. The van der Waals surface area contributed by atoms with Gasteiger partial charge in [-0.05, 0) is 35.1 Å². The van der Waals surface area contributed by atoms with Gasteiger partial charge in [-0.15, -0.1) is 0 Å². The van der Waals surface area contributed by atoms with Crippen molar-refractivity contribution in [2.75, 3.05) is 46.2 Å². The van der Waals surface area contributed by atoms with Crippen molar-refractivity contribution in [1.29, 1.82) is 0 Å². The summed E-state index contributed by atoms with van der Waals surface area (Å²) in [4.78, 5) is 23.8. The van der Waals surface area contributed by atoms with Crippen LogP contribution in [0.15, 0.2) is 48.5 Å². The second kappa shape index (κ2) is 16.8. The van der Waals surface area contributed by atoms with Crippen molar-refractivity contribution in [3.8, 4) is 11.1 Å². The molecule has 0 aromatic heterocycles. The summed E-state index contributed by atoms with van der Waals surface area (Å²) in [5.41, 5.74) is 4.82. The highest BCUT2D eigenvalue weighted by Crippen LogP contribution is 2.44. The Labute approximate surface area is 220 Å². The van der Waals surface area contributed by atoms with Crippen molar-refractivity contribution in [2.45, 2.75) is 57.8 Å². The van der Waals surface area contributed by atoms with Gasteiger partial charge in [0.15, 0.2) is 0 Å². The summed E-state index contributed by atoms with van der Waals surface area (Å²) in [5.74, 6) is -0.0965. The first-order chi connectivity index (χ1) is 18.2. The molecule has 2 aromatic rings. The highest BCUT2D eigenvalue weighted by atomic mass is 16.6. The van der Waals surface area contributed by atoms with Crippen LogP contribution in [-0.4, -0.2) is 58.2 Å². The van der Waals surface area contributed by atoms with E-state index in [-0.39, 0.29) is 18.5 Å². The van der Waals surface area contributed by atoms with Gasteiger partial charge in [0, 0.05) is 25.5 Å². The van der Waals surface area contributed by atoms with Crippen LogP contribution in [0.4, 0.5) is 4.79 Å². The molecule has 0 aliphatic heterocycles. The SMILES string of the molecule is CCCCCCCC(=O)OCCOCCOCCCNC(=O)OCC1c2ccccc2-c2ccccc21. The van der Waals surface area contributed by atoms with Crippen LogP contribution in [0.5, 0.6) is 0 Å². The van der Waals surface area contributed by atoms with E-state index in [4.69, 9.17) is 18.9 Å². The quantitative estimate of drug-likeness (QED) is 0.200. The van der Waals surface area contributed by atoms with Crippen LogP contribution in [0.3, 0.4) is 0 Å². The van der Waals surface area contributed by atoms with Gasteiger partial charge in [-0.2, -0.15) is 0 Å². The van der Waals surface area contributed by atoms with E-state index in [0.29, 0.717) is 52.4 Å². The largest absolute Gasteiger partial charge is 0.463 e. The molecular weight excluding hydrogens is 470 g/mol. The fraction of sp³-hybridized carbons (Fsp3) is 0.533. The lowest BCUT2D eigenvalue weighted by molar-refractivity contribution is -0.145. The standard InChI is InChI=1S/C30H41NO6/c1-2-3-4-5-6-16-29(32)36-22-21-35-20-19-34-18-11-17-31-30(33)37-23-28-26-14-9-7-12-24(26)25-13-8-10-15-27(25)28/h7-10,12-15,28H,2-6,11,16-23H2,1H3,(H,31,33). The molecule has 0 fully saturated rings. The normalized spacial score (nSPS) is 12.1. The van der Waals surface area contributed by atoms with Crippen LogP contribution >= 0.6 is 0 Å². The van der Waals surface area contributed by atoms with E-state index >= 15 is 0 Å². The highest BCUT2D eigenvalue weighted by molar-refractivity contribution is 5.79. The monoisotopic (exact) mass is 511 g/mol. The third-order valence-corrected chi connectivity index (χ3v) is 6.43. The van der Waals surface area contributed by atoms with E-state index in [1.165, 1.54) is 41.5 Å². The summed E-state index contributed by atoms with van der Waals surface area (Å²) < 4.78 is 21.6. The van der Waals surface area contributed by atoms with E-state index in [1.54, 1.807) is 0 Å². The van der Waals surface area contributed by atoms with Crippen LogP contribution < -0.4 is 5.32 Å². The minimum atomic E-state index is -0.416. The Morgan fingerprint density at radius 1 is 0.730 bits per heavy atom. The highest BCUT2D eigenvalue weighted by Gasteiger charge is 2.28. The summed E-state index contributed by atoms with van der Waals surface area (Å²) in [6, 6.07) is 16.6. The average Bonchev–Trinajstić information content (AvgIpc) is 3.24. The van der Waals surface area contributed by atoms with Gasteiger partial charge in [0.2, 0.25) is 0 Å². The molecule has 1 N–H and O–H groups in total. The van der Waals surface area contributed by atoms with Gasteiger partial charge >= 0.3 is 12.1 Å². The second-order valence-corrected chi connectivity index (χ2v) is 9.22. The summed E-state index contributed by atoms with van der Waals surface area (Å²) in [6.07, 6.45) is 6.32. The molecule has 0 unspecified atom stereocenters.